The highest BCUT2D eigenvalue weighted by Gasteiger charge is 2.22. The van der Waals surface area contributed by atoms with Crippen molar-refractivity contribution in [3.8, 4) is 17.3 Å². The molecule has 0 spiro atoms. The van der Waals surface area contributed by atoms with E-state index in [1.807, 2.05) is 42.7 Å². The van der Waals surface area contributed by atoms with Crippen molar-refractivity contribution in [3.63, 3.8) is 0 Å². The van der Waals surface area contributed by atoms with Gasteiger partial charge in [-0.2, -0.15) is 0 Å². The number of carboxylic acid groups (broad SMARTS) is 1. The van der Waals surface area contributed by atoms with Gasteiger partial charge in [0.25, 0.3) is 7.37 Å². The average molecular weight is 469 g/mol. The second kappa shape index (κ2) is 10.1. The molecule has 33 heavy (non-hydrogen) atoms. The quantitative estimate of drug-likeness (QED) is 0.207. The van der Waals surface area contributed by atoms with Crippen LogP contribution in [0.5, 0.6) is 0 Å². The summed E-state index contributed by atoms with van der Waals surface area (Å²) in [7, 11) is -4.10. The third kappa shape index (κ3) is 5.73. The monoisotopic (exact) mass is 469 g/mol. The predicted octanol–water partition coefficient (Wildman–Crippen LogP) is 5.48. The van der Waals surface area contributed by atoms with E-state index >= 15 is 0 Å². The topological polar surface area (TPSA) is 88.8 Å². The van der Waals surface area contributed by atoms with Gasteiger partial charge in [-0.05, 0) is 60.3 Å². The van der Waals surface area contributed by atoms with Crippen molar-refractivity contribution < 1.29 is 28.5 Å². The molecule has 3 aromatic rings. The van der Waals surface area contributed by atoms with E-state index in [4.69, 9.17) is 9.84 Å². The van der Waals surface area contributed by atoms with Gasteiger partial charge in [0, 0.05) is 11.1 Å². The van der Waals surface area contributed by atoms with Crippen molar-refractivity contribution in [3.05, 3.63) is 77.4 Å². The van der Waals surface area contributed by atoms with E-state index < -0.39 is 19.5 Å². The predicted molar refractivity (Wildman–Crippen MR) is 126 cm³/mol. The third-order valence-corrected chi connectivity index (χ3v) is 6.11. The molecule has 0 fully saturated rings. The standard InChI is InChI=1S/C25H25FNO5P/c1-4-32-20(15-24(28)29)16-33(30,31)14-13-23-25(17(2)3)21-7-5-6-8-22(21)27(23)19-11-9-18(26)10-12-19/h5-12,15,17H,4,16H2,1-3H3,(H,28,29)(H,30,31)/b20-15-. The fourth-order valence-corrected chi connectivity index (χ4v) is 4.64. The fraction of sp³-hybridized carbons (Fsp3) is 0.240. The zero-order chi connectivity index (χ0) is 24.2. The number of hydrogen-bond donors (Lipinski definition) is 2. The minimum atomic E-state index is -4.10. The van der Waals surface area contributed by atoms with Gasteiger partial charge >= 0.3 is 5.97 Å². The first-order valence-corrected chi connectivity index (χ1v) is 12.3. The fourth-order valence-electron chi connectivity index (χ4n) is 3.68. The second-order valence-corrected chi connectivity index (χ2v) is 9.67. The highest BCUT2D eigenvalue weighted by molar-refractivity contribution is 7.63. The lowest BCUT2D eigenvalue weighted by atomic mass is 9.99. The lowest BCUT2D eigenvalue weighted by Crippen LogP contribution is -2.03. The number of ether oxygens (including phenoxy) is 1. The maximum atomic E-state index is 13.6. The van der Waals surface area contributed by atoms with Crippen molar-refractivity contribution in [2.24, 2.45) is 0 Å². The van der Waals surface area contributed by atoms with Gasteiger partial charge in [0.1, 0.15) is 17.3 Å². The number of aromatic nitrogens is 1. The molecule has 0 saturated carbocycles. The van der Waals surface area contributed by atoms with Crippen LogP contribution in [-0.2, 0) is 14.1 Å². The molecule has 1 aromatic heterocycles. The summed E-state index contributed by atoms with van der Waals surface area (Å²) in [6, 6.07) is 13.6. The van der Waals surface area contributed by atoms with E-state index in [-0.39, 0.29) is 24.1 Å². The lowest BCUT2D eigenvalue weighted by Gasteiger charge is -2.11. The van der Waals surface area contributed by atoms with Gasteiger partial charge in [0.2, 0.25) is 0 Å². The van der Waals surface area contributed by atoms with E-state index in [1.165, 1.54) is 12.1 Å². The molecule has 0 radical (unpaired) electrons. The van der Waals surface area contributed by atoms with Gasteiger partial charge in [0.05, 0.1) is 24.4 Å². The maximum Gasteiger partial charge on any atom is 0.331 e. The van der Waals surface area contributed by atoms with Crippen LogP contribution >= 0.6 is 7.37 Å². The number of fused-ring (bicyclic) bond motifs is 1. The number of carbonyl (C=O) groups is 1. The Kier molecular flexibility index (Phi) is 7.43. The van der Waals surface area contributed by atoms with Crippen molar-refractivity contribution in [1.82, 2.24) is 4.57 Å². The van der Waals surface area contributed by atoms with E-state index in [0.29, 0.717) is 11.4 Å². The zero-order valence-electron chi connectivity index (χ0n) is 18.6. The smallest absolute Gasteiger partial charge is 0.331 e. The van der Waals surface area contributed by atoms with E-state index in [2.05, 4.69) is 11.6 Å². The molecular formula is C25H25FNO5P. The van der Waals surface area contributed by atoms with Gasteiger partial charge in [-0.15, -0.1) is 0 Å². The molecule has 1 atom stereocenters. The van der Waals surface area contributed by atoms with Gasteiger partial charge < -0.3 is 19.3 Å². The molecule has 8 heteroatoms. The molecule has 1 unspecified atom stereocenters. The molecule has 0 amide bonds. The SMILES string of the molecule is CCO/C(=C\C(=O)O)CP(=O)(O)C#Cc1c(C(C)C)c2ccccc2n1-c1ccc(F)cc1. The Balaban J connectivity index is 2.19. The molecule has 0 aliphatic heterocycles. The summed E-state index contributed by atoms with van der Waals surface area (Å²) in [4.78, 5) is 21.5. The van der Waals surface area contributed by atoms with E-state index in [9.17, 15) is 18.6 Å². The summed E-state index contributed by atoms with van der Waals surface area (Å²) in [5.41, 5.74) is 5.39. The number of hydrogen-bond acceptors (Lipinski definition) is 3. The van der Waals surface area contributed by atoms with Crippen molar-refractivity contribution in [2.45, 2.75) is 26.7 Å². The van der Waals surface area contributed by atoms with Crippen LogP contribution < -0.4 is 0 Å². The lowest BCUT2D eigenvalue weighted by molar-refractivity contribution is -0.131. The number of rotatable bonds is 7. The maximum absolute atomic E-state index is 13.6. The molecule has 6 nitrogen and oxygen atoms in total. The molecule has 0 bridgehead atoms. The zero-order valence-corrected chi connectivity index (χ0v) is 19.5. The number of carboxylic acids is 1. The van der Waals surface area contributed by atoms with Crippen molar-refractivity contribution >= 4 is 24.2 Å². The summed E-state index contributed by atoms with van der Waals surface area (Å²) in [5.74, 6) is 1.16. The number of aliphatic carboxylic acids is 1. The van der Waals surface area contributed by atoms with Crippen LogP contribution in [0.4, 0.5) is 4.39 Å². The Morgan fingerprint density at radius 1 is 1.21 bits per heavy atom. The number of allylic oxidation sites excluding steroid dienone is 1. The number of benzene rings is 2. The summed E-state index contributed by atoms with van der Waals surface area (Å²) < 4.78 is 33.5. The molecule has 1 heterocycles. The Bertz CT molecular complexity index is 1310. The highest BCUT2D eigenvalue weighted by atomic mass is 31.2. The van der Waals surface area contributed by atoms with Gasteiger partial charge in [-0.3, -0.25) is 4.57 Å². The first kappa shape index (κ1) is 24.3. The van der Waals surface area contributed by atoms with E-state index in [1.54, 1.807) is 19.1 Å². The molecule has 3 rings (SSSR count). The third-order valence-electron chi connectivity index (χ3n) is 4.91. The highest BCUT2D eigenvalue weighted by Crippen LogP contribution is 2.42. The molecule has 0 saturated heterocycles. The normalized spacial score (nSPS) is 13.5. The van der Waals surface area contributed by atoms with Crippen LogP contribution in [0.2, 0.25) is 0 Å². The van der Waals surface area contributed by atoms with Crippen LogP contribution in [0.15, 0.2) is 60.4 Å². The first-order valence-electron chi connectivity index (χ1n) is 10.4. The molecule has 0 aliphatic carbocycles. The Labute approximate surface area is 191 Å². The second-order valence-electron chi connectivity index (χ2n) is 7.72. The molecular weight excluding hydrogens is 444 g/mol. The van der Waals surface area contributed by atoms with Gasteiger partial charge in [-0.25, -0.2) is 9.18 Å². The summed E-state index contributed by atoms with van der Waals surface area (Å²) in [6.07, 6.45) is 0.247. The van der Waals surface area contributed by atoms with Crippen LogP contribution in [0.3, 0.4) is 0 Å². The minimum Gasteiger partial charge on any atom is -0.497 e. The van der Waals surface area contributed by atoms with Gasteiger partial charge in [-0.1, -0.05) is 32.0 Å². The molecule has 0 aliphatic rings. The van der Waals surface area contributed by atoms with Crippen LogP contribution in [-0.4, -0.2) is 33.3 Å². The Morgan fingerprint density at radius 3 is 2.48 bits per heavy atom. The first-order chi connectivity index (χ1) is 15.6. The Morgan fingerprint density at radius 2 is 1.88 bits per heavy atom. The largest absolute Gasteiger partial charge is 0.497 e. The number of halogens is 1. The summed E-state index contributed by atoms with van der Waals surface area (Å²) in [6.45, 7) is 5.81. The Hall–Kier alpha value is -3.33. The molecule has 2 N–H and O–H groups in total. The summed E-state index contributed by atoms with van der Waals surface area (Å²) in [5, 5.41) is 9.92. The van der Waals surface area contributed by atoms with Crippen molar-refractivity contribution in [1.29, 1.82) is 0 Å². The van der Waals surface area contributed by atoms with Crippen LogP contribution in [0.1, 0.15) is 37.9 Å². The molecule has 172 valence electrons. The van der Waals surface area contributed by atoms with E-state index in [0.717, 1.165) is 22.5 Å². The number of para-hydroxylation sites is 1. The number of nitrogens with zero attached hydrogens (tertiary/aromatic N) is 1. The van der Waals surface area contributed by atoms with Crippen molar-refractivity contribution in [2.75, 3.05) is 12.8 Å². The average Bonchev–Trinajstić information content (AvgIpc) is 3.07. The minimum absolute atomic E-state index is 0.0462. The van der Waals surface area contributed by atoms with Crippen LogP contribution in [0.25, 0.3) is 16.6 Å². The van der Waals surface area contributed by atoms with Crippen LogP contribution in [0, 0.1) is 17.4 Å². The summed E-state index contributed by atoms with van der Waals surface area (Å²) >= 11 is 0. The van der Waals surface area contributed by atoms with Gasteiger partial charge in [0.15, 0.2) is 0 Å². The molecule has 2 aromatic carbocycles.